The van der Waals surface area contributed by atoms with E-state index in [0.717, 1.165) is 28.2 Å². The first-order valence-corrected chi connectivity index (χ1v) is 7.56. The third-order valence-electron chi connectivity index (χ3n) is 3.97. The largest absolute Gasteiger partial charge is 0.496 e. The molecular weight excluding hydrogens is 300 g/mol. The number of aliphatic hydroxyl groups excluding tert-OH is 1. The Kier molecular flexibility index (Phi) is 6.06. The number of ether oxygens (including phenoxy) is 3. The van der Waals surface area contributed by atoms with Crippen molar-refractivity contribution in [2.45, 2.75) is 19.5 Å². The van der Waals surface area contributed by atoms with Gasteiger partial charge in [0.25, 0.3) is 0 Å². The van der Waals surface area contributed by atoms with Gasteiger partial charge in [0.15, 0.2) is 0 Å². The van der Waals surface area contributed by atoms with Crippen LogP contribution in [0, 0.1) is 0 Å². The Morgan fingerprint density at radius 2 is 2.09 bits per heavy atom. The lowest BCUT2D eigenvalue weighted by Crippen LogP contribution is -2.36. The minimum Gasteiger partial charge on any atom is -0.496 e. The third-order valence-corrected chi connectivity index (χ3v) is 3.97. The molecule has 1 heterocycles. The van der Waals surface area contributed by atoms with Crippen LogP contribution in [0.15, 0.2) is 6.07 Å². The second-order valence-corrected chi connectivity index (χ2v) is 5.27. The van der Waals surface area contributed by atoms with Crippen LogP contribution in [0.1, 0.15) is 16.7 Å². The molecule has 0 atom stereocenters. The number of rotatable bonds is 6. The van der Waals surface area contributed by atoms with Crippen molar-refractivity contribution in [3.05, 3.63) is 22.8 Å². The van der Waals surface area contributed by atoms with E-state index in [1.54, 1.807) is 19.1 Å². The minimum atomic E-state index is -0.342. The summed E-state index contributed by atoms with van der Waals surface area (Å²) in [5, 5.41) is 12.1. The second-order valence-electron chi connectivity index (χ2n) is 5.27. The van der Waals surface area contributed by atoms with Crippen molar-refractivity contribution in [1.29, 1.82) is 0 Å². The predicted molar refractivity (Wildman–Crippen MR) is 84.9 cm³/mol. The van der Waals surface area contributed by atoms with E-state index in [9.17, 15) is 4.79 Å². The van der Waals surface area contributed by atoms with Gasteiger partial charge in [-0.25, -0.2) is 4.79 Å². The Bertz CT molecular complexity index is 562. The average Bonchev–Trinajstić information content (AvgIpc) is 2.59. The summed E-state index contributed by atoms with van der Waals surface area (Å²) >= 11 is 0. The van der Waals surface area contributed by atoms with Gasteiger partial charge in [0.1, 0.15) is 11.5 Å². The standard InChI is InChI=1S/C16H24N2O5/c1-21-14-8-11(9-17-5-7-19)15(22-2)12-4-6-18(10-13(12)14)16(20)23-3/h8,17,19H,4-7,9-10H2,1-3H3. The molecule has 1 aliphatic rings. The molecule has 2 N–H and O–H groups in total. The first-order chi connectivity index (χ1) is 11.2. The summed E-state index contributed by atoms with van der Waals surface area (Å²) in [5.74, 6) is 1.55. The molecule has 7 heteroatoms. The van der Waals surface area contributed by atoms with Crippen molar-refractivity contribution >= 4 is 6.09 Å². The molecule has 23 heavy (non-hydrogen) atoms. The molecular formula is C16H24N2O5. The molecule has 1 amide bonds. The van der Waals surface area contributed by atoms with Gasteiger partial charge < -0.3 is 29.5 Å². The zero-order valence-electron chi connectivity index (χ0n) is 13.8. The summed E-state index contributed by atoms with van der Waals surface area (Å²) in [7, 11) is 4.64. The van der Waals surface area contributed by atoms with Crippen molar-refractivity contribution in [3.63, 3.8) is 0 Å². The molecule has 7 nitrogen and oxygen atoms in total. The van der Waals surface area contributed by atoms with Gasteiger partial charge in [-0.05, 0) is 12.5 Å². The van der Waals surface area contributed by atoms with Gasteiger partial charge in [-0.3, -0.25) is 0 Å². The van der Waals surface area contributed by atoms with Crippen LogP contribution in [0.3, 0.4) is 0 Å². The number of carbonyl (C=O) groups is 1. The first kappa shape index (κ1) is 17.4. The van der Waals surface area contributed by atoms with Gasteiger partial charge in [0.05, 0.1) is 34.5 Å². The molecule has 0 saturated heterocycles. The molecule has 0 aromatic heterocycles. The number of hydrogen-bond donors (Lipinski definition) is 2. The fraction of sp³-hybridized carbons (Fsp3) is 0.562. The number of nitrogens with zero attached hydrogens (tertiary/aromatic N) is 1. The van der Waals surface area contributed by atoms with E-state index in [-0.39, 0.29) is 12.7 Å². The molecule has 1 aliphatic heterocycles. The smallest absolute Gasteiger partial charge is 0.409 e. The van der Waals surface area contributed by atoms with E-state index in [4.69, 9.17) is 19.3 Å². The predicted octanol–water partition coefficient (Wildman–Crippen LogP) is 0.910. The molecule has 2 rings (SSSR count). The van der Waals surface area contributed by atoms with Gasteiger partial charge >= 0.3 is 6.09 Å². The molecule has 0 spiro atoms. The van der Waals surface area contributed by atoms with Crippen LogP contribution in [0.5, 0.6) is 11.5 Å². The molecule has 1 aromatic carbocycles. The maximum absolute atomic E-state index is 11.8. The highest BCUT2D eigenvalue weighted by Gasteiger charge is 2.28. The summed E-state index contributed by atoms with van der Waals surface area (Å²) in [5.41, 5.74) is 2.99. The van der Waals surface area contributed by atoms with E-state index in [1.165, 1.54) is 7.11 Å². The molecule has 0 aliphatic carbocycles. The number of fused-ring (bicyclic) bond motifs is 1. The fourth-order valence-electron chi connectivity index (χ4n) is 2.90. The summed E-state index contributed by atoms with van der Waals surface area (Å²) in [6.45, 7) is 2.18. The number of hydrogen-bond acceptors (Lipinski definition) is 6. The van der Waals surface area contributed by atoms with Crippen LogP contribution in [-0.2, 0) is 24.2 Å². The Balaban J connectivity index is 2.36. The molecule has 0 bridgehead atoms. The number of carbonyl (C=O) groups excluding carboxylic acids is 1. The lowest BCUT2D eigenvalue weighted by molar-refractivity contribution is 0.118. The Morgan fingerprint density at radius 3 is 2.70 bits per heavy atom. The normalized spacial score (nSPS) is 13.5. The van der Waals surface area contributed by atoms with Gasteiger partial charge in [0.2, 0.25) is 0 Å². The third kappa shape index (κ3) is 3.68. The van der Waals surface area contributed by atoms with Crippen LogP contribution in [0.25, 0.3) is 0 Å². The topological polar surface area (TPSA) is 80.3 Å². The van der Waals surface area contributed by atoms with Crippen LogP contribution in [0.2, 0.25) is 0 Å². The SMILES string of the molecule is COC(=O)N1CCc2c(c(OC)cc(CNCCO)c2OC)C1. The second kappa shape index (κ2) is 8.03. The Hall–Kier alpha value is -1.99. The highest BCUT2D eigenvalue weighted by Crippen LogP contribution is 2.38. The summed E-state index contributed by atoms with van der Waals surface area (Å²) in [6, 6.07) is 1.92. The average molecular weight is 324 g/mol. The number of amides is 1. The Morgan fingerprint density at radius 1 is 1.30 bits per heavy atom. The van der Waals surface area contributed by atoms with Gasteiger partial charge in [-0.15, -0.1) is 0 Å². The zero-order chi connectivity index (χ0) is 16.8. The maximum Gasteiger partial charge on any atom is 0.409 e. The quantitative estimate of drug-likeness (QED) is 0.757. The molecule has 0 unspecified atom stereocenters. The molecule has 0 fully saturated rings. The van der Waals surface area contributed by atoms with Gasteiger partial charge in [0, 0.05) is 36.3 Å². The maximum atomic E-state index is 11.8. The highest BCUT2D eigenvalue weighted by atomic mass is 16.5. The van der Waals surface area contributed by atoms with E-state index in [0.29, 0.717) is 32.6 Å². The summed E-state index contributed by atoms with van der Waals surface area (Å²) < 4.78 is 15.9. The van der Waals surface area contributed by atoms with Crippen LogP contribution in [-0.4, -0.2) is 57.1 Å². The molecule has 0 saturated carbocycles. The highest BCUT2D eigenvalue weighted by molar-refractivity contribution is 5.69. The number of nitrogens with one attached hydrogen (secondary N) is 1. The van der Waals surface area contributed by atoms with E-state index >= 15 is 0 Å². The van der Waals surface area contributed by atoms with E-state index in [2.05, 4.69) is 5.32 Å². The van der Waals surface area contributed by atoms with Crippen molar-refractivity contribution in [1.82, 2.24) is 10.2 Å². The van der Waals surface area contributed by atoms with Gasteiger partial charge in [-0.2, -0.15) is 0 Å². The molecule has 0 radical (unpaired) electrons. The number of methoxy groups -OCH3 is 3. The first-order valence-electron chi connectivity index (χ1n) is 7.56. The Labute approximate surface area is 136 Å². The van der Waals surface area contributed by atoms with Crippen LogP contribution < -0.4 is 14.8 Å². The fourth-order valence-corrected chi connectivity index (χ4v) is 2.90. The van der Waals surface area contributed by atoms with Crippen LogP contribution in [0.4, 0.5) is 4.79 Å². The van der Waals surface area contributed by atoms with Crippen molar-refractivity contribution in [3.8, 4) is 11.5 Å². The van der Waals surface area contributed by atoms with E-state index < -0.39 is 0 Å². The lowest BCUT2D eigenvalue weighted by Gasteiger charge is -2.30. The molecule has 128 valence electrons. The minimum absolute atomic E-state index is 0.0818. The van der Waals surface area contributed by atoms with Crippen molar-refractivity contribution < 1.29 is 24.1 Å². The summed E-state index contributed by atoms with van der Waals surface area (Å²) in [4.78, 5) is 13.4. The number of benzene rings is 1. The van der Waals surface area contributed by atoms with Crippen LogP contribution >= 0.6 is 0 Å². The van der Waals surface area contributed by atoms with E-state index in [1.807, 2.05) is 6.07 Å². The lowest BCUT2D eigenvalue weighted by atomic mass is 9.94. The monoisotopic (exact) mass is 324 g/mol. The molecule has 1 aromatic rings. The zero-order valence-corrected chi connectivity index (χ0v) is 13.8. The van der Waals surface area contributed by atoms with Gasteiger partial charge in [-0.1, -0.05) is 0 Å². The van der Waals surface area contributed by atoms with Crippen molar-refractivity contribution in [2.75, 3.05) is 41.0 Å². The summed E-state index contributed by atoms with van der Waals surface area (Å²) in [6.07, 6.45) is 0.336. The number of aliphatic hydroxyl groups is 1. The van der Waals surface area contributed by atoms with Crippen molar-refractivity contribution in [2.24, 2.45) is 0 Å².